The van der Waals surface area contributed by atoms with Crippen LogP contribution in [-0.4, -0.2) is 27.9 Å². The van der Waals surface area contributed by atoms with E-state index in [1.54, 1.807) is 43.5 Å². The predicted octanol–water partition coefficient (Wildman–Crippen LogP) is 4.35. The average molecular weight is 402 g/mol. The molecule has 1 aromatic carbocycles. The van der Waals surface area contributed by atoms with Crippen LogP contribution < -0.4 is 5.32 Å². The summed E-state index contributed by atoms with van der Waals surface area (Å²) in [6, 6.07) is 12.2. The summed E-state index contributed by atoms with van der Waals surface area (Å²) in [6.07, 6.45) is 0.683. The molecule has 1 atom stereocenters. The van der Waals surface area contributed by atoms with E-state index in [0.717, 1.165) is 0 Å². The van der Waals surface area contributed by atoms with E-state index in [2.05, 4.69) is 15.3 Å². The molecule has 1 unspecified atom stereocenters. The summed E-state index contributed by atoms with van der Waals surface area (Å²) in [5, 5.41) is 3.78. The summed E-state index contributed by atoms with van der Waals surface area (Å²) >= 11 is 7.08. The van der Waals surface area contributed by atoms with Gasteiger partial charge in [0.25, 0.3) is 5.91 Å². The van der Waals surface area contributed by atoms with Crippen LogP contribution in [0.5, 0.6) is 0 Å². The van der Waals surface area contributed by atoms with Crippen molar-refractivity contribution in [1.29, 1.82) is 0 Å². The highest BCUT2D eigenvalue weighted by molar-refractivity contribution is 7.17. The van der Waals surface area contributed by atoms with Gasteiger partial charge >= 0.3 is 5.97 Å². The number of aromatic nitrogens is 2. The third-order valence-electron chi connectivity index (χ3n) is 3.61. The fraction of sp³-hybridized carbons (Fsp3) is 0.158. The summed E-state index contributed by atoms with van der Waals surface area (Å²) in [7, 11) is 0. The van der Waals surface area contributed by atoms with Crippen LogP contribution in [0.15, 0.2) is 48.7 Å². The number of halogens is 1. The van der Waals surface area contributed by atoms with Crippen LogP contribution in [-0.2, 0) is 9.53 Å². The first-order chi connectivity index (χ1) is 12.9. The van der Waals surface area contributed by atoms with E-state index in [-0.39, 0.29) is 0 Å². The molecule has 0 fully saturated rings. The number of pyridine rings is 1. The highest BCUT2D eigenvalue weighted by atomic mass is 35.5. The van der Waals surface area contributed by atoms with Crippen LogP contribution in [0.2, 0.25) is 5.02 Å². The monoisotopic (exact) mass is 401 g/mol. The maximum atomic E-state index is 12.5. The molecule has 0 aliphatic heterocycles. The van der Waals surface area contributed by atoms with Crippen LogP contribution in [0.3, 0.4) is 0 Å². The van der Waals surface area contributed by atoms with Crippen molar-refractivity contribution in [3.63, 3.8) is 0 Å². The number of aryl methyl sites for hydroxylation is 1. The zero-order chi connectivity index (χ0) is 19.4. The van der Waals surface area contributed by atoms with Crippen molar-refractivity contribution < 1.29 is 14.3 Å². The molecule has 0 radical (unpaired) electrons. The van der Waals surface area contributed by atoms with Gasteiger partial charge in [-0.1, -0.05) is 23.7 Å². The van der Waals surface area contributed by atoms with Gasteiger partial charge in [-0.05, 0) is 44.2 Å². The minimum absolute atomic E-state index is 0.345. The number of hydrogen-bond acceptors (Lipinski definition) is 6. The van der Waals surface area contributed by atoms with Gasteiger partial charge in [0, 0.05) is 16.9 Å². The molecule has 0 aliphatic rings. The number of carbonyl (C=O) groups excluding carboxylic acids is 2. The number of rotatable bonds is 5. The Bertz CT molecular complexity index is 975. The molecule has 1 N–H and O–H groups in total. The predicted molar refractivity (Wildman–Crippen MR) is 105 cm³/mol. The van der Waals surface area contributed by atoms with Crippen molar-refractivity contribution in [2.75, 3.05) is 5.32 Å². The van der Waals surface area contributed by atoms with E-state index in [9.17, 15) is 9.59 Å². The van der Waals surface area contributed by atoms with Gasteiger partial charge < -0.3 is 10.1 Å². The van der Waals surface area contributed by atoms with Crippen molar-refractivity contribution in [2.45, 2.75) is 20.0 Å². The molecule has 138 valence electrons. The zero-order valence-corrected chi connectivity index (χ0v) is 16.2. The highest BCUT2D eigenvalue weighted by Gasteiger charge is 2.23. The van der Waals surface area contributed by atoms with Gasteiger partial charge in [-0.3, -0.25) is 9.78 Å². The number of nitrogens with zero attached hydrogens (tertiary/aromatic N) is 2. The number of thiazole rings is 1. The SMILES string of the molecule is Cc1nc(-c2ccccn2)sc1C(=O)OC(C)C(=O)Nc1cccc(Cl)c1. The molecule has 1 amide bonds. The Balaban J connectivity index is 1.68. The molecule has 2 aromatic heterocycles. The van der Waals surface area contributed by atoms with Crippen molar-refractivity contribution in [3.05, 3.63) is 64.3 Å². The van der Waals surface area contributed by atoms with Crippen molar-refractivity contribution in [2.24, 2.45) is 0 Å². The highest BCUT2D eigenvalue weighted by Crippen LogP contribution is 2.27. The van der Waals surface area contributed by atoms with Gasteiger partial charge in [0.15, 0.2) is 6.10 Å². The molecular weight excluding hydrogens is 386 g/mol. The van der Waals surface area contributed by atoms with E-state index in [1.165, 1.54) is 18.3 Å². The van der Waals surface area contributed by atoms with E-state index in [4.69, 9.17) is 16.3 Å². The summed E-state index contributed by atoms with van der Waals surface area (Å²) in [5.74, 6) is -1.04. The van der Waals surface area contributed by atoms with Crippen molar-refractivity contribution >= 4 is 40.5 Å². The molecular formula is C19H16ClN3O3S. The molecule has 2 heterocycles. The Morgan fingerprint density at radius 2 is 2.04 bits per heavy atom. The van der Waals surface area contributed by atoms with Gasteiger partial charge in [-0.2, -0.15) is 0 Å². The lowest BCUT2D eigenvalue weighted by Gasteiger charge is -2.13. The molecule has 6 nitrogen and oxygen atoms in total. The minimum Gasteiger partial charge on any atom is -0.448 e. The standard InChI is InChI=1S/C19H16ClN3O3S/c1-11-16(27-18(22-11)15-8-3-4-9-21-15)19(25)26-12(2)17(24)23-14-7-5-6-13(20)10-14/h3-10,12H,1-2H3,(H,23,24). The van der Waals surface area contributed by atoms with Crippen LogP contribution >= 0.6 is 22.9 Å². The average Bonchev–Trinajstić information content (AvgIpc) is 3.04. The Morgan fingerprint density at radius 3 is 2.74 bits per heavy atom. The first-order valence-electron chi connectivity index (χ1n) is 8.10. The summed E-state index contributed by atoms with van der Waals surface area (Å²) in [5.41, 5.74) is 1.74. The third kappa shape index (κ3) is 4.69. The molecule has 27 heavy (non-hydrogen) atoms. The second-order valence-corrected chi connectivity index (χ2v) is 7.13. The molecule has 0 saturated carbocycles. The van der Waals surface area contributed by atoms with Crippen LogP contribution in [0.1, 0.15) is 22.3 Å². The van der Waals surface area contributed by atoms with Crippen molar-refractivity contribution in [3.8, 4) is 10.7 Å². The number of hydrogen-bond donors (Lipinski definition) is 1. The van der Waals surface area contributed by atoms with E-state index < -0.39 is 18.0 Å². The van der Waals surface area contributed by atoms with Crippen LogP contribution in [0.4, 0.5) is 5.69 Å². The molecule has 3 aromatic rings. The number of carbonyl (C=O) groups is 2. The lowest BCUT2D eigenvalue weighted by Crippen LogP contribution is -2.29. The van der Waals surface area contributed by atoms with Crippen LogP contribution in [0.25, 0.3) is 10.7 Å². The summed E-state index contributed by atoms with van der Waals surface area (Å²) in [4.78, 5) is 33.7. The third-order valence-corrected chi connectivity index (χ3v) is 5.01. The largest absolute Gasteiger partial charge is 0.448 e. The Morgan fingerprint density at radius 1 is 1.22 bits per heavy atom. The second-order valence-electron chi connectivity index (χ2n) is 5.70. The molecule has 3 rings (SSSR count). The molecule has 0 bridgehead atoms. The molecule has 0 aliphatic carbocycles. The first-order valence-corrected chi connectivity index (χ1v) is 9.29. The Kier molecular flexibility index (Phi) is 5.83. The molecule has 8 heteroatoms. The number of anilines is 1. The van der Waals surface area contributed by atoms with Gasteiger partial charge in [-0.15, -0.1) is 11.3 Å². The van der Waals surface area contributed by atoms with Gasteiger partial charge in [-0.25, -0.2) is 9.78 Å². The summed E-state index contributed by atoms with van der Waals surface area (Å²) < 4.78 is 5.30. The van der Waals surface area contributed by atoms with E-state index in [0.29, 0.717) is 32.0 Å². The topological polar surface area (TPSA) is 81.2 Å². The number of nitrogens with one attached hydrogen (secondary N) is 1. The van der Waals surface area contributed by atoms with Crippen LogP contribution in [0, 0.1) is 6.92 Å². The molecule has 0 spiro atoms. The molecule has 0 saturated heterocycles. The van der Waals surface area contributed by atoms with Crippen molar-refractivity contribution in [1.82, 2.24) is 9.97 Å². The quantitative estimate of drug-likeness (QED) is 0.643. The van der Waals surface area contributed by atoms with E-state index in [1.807, 2.05) is 12.1 Å². The maximum Gasteiger partial charge on any atom is 0.351 e. The maximum absolute atomic E-state index is 12.5. The Labute approximate surface area is 165 Å². The fourth-order valence-corrected chi connectivity index (χ4v) is 3.38. The second kappa shape index (κ2) is 8.28. The Hall–Kier alpha value is -2.77. The summed E-state index contributed by atoms with van der Waals surface area (Å²) in [6.45, 7) is 3.23. The lowest BCUT2D eigenvalue weighted by molar-refractivity contribution is -0.123. The first kappa shape index (κ1) is 19.0. The van der Waals surface area contributed by atoms with Gasteiger partial charge in [0.05, 0.1) is 11.4 Å². The lowest BCUT2D eigenvalue weighted by atomic mass is 10.3. The minimum atomic E-state index is -0.976. The zero-order valence-electron chi connectivity index (χ0n) is 14.6. The number of ether oxygens (including phenoxy) is 1. The van der Waals surface area contributed by atoms with Gasteiger partial charge in [0.1, 0.15) is 9.88 Å². The number of amides is 1. The van der Waals surface area contributed by atoms with Gasteiger partial charge in [0.2, 0.25) is 0 Å². The fourth-order valence-electron chi connectivity index (χ4n) is 2.26. The normalized spacial score (nSPS) is 11.7. The number of benzene rings is 1. The van der Waals surface area contributed by atoms with E-state index >= 15 is 0 Å². The number of esters is 1. The smallest absolute Gasteiger partial charge is 0.351 e.